The number of hydrogen-bond acceptors (Lipinski definition) is 7. The van der Waals surface area contributed by atoms with Crippen molar-refractivity contribution in [2.45, 2.75) is 12.4 Å². The molecule has 0 saturated heterocycles. The van der Waals surface area contributed by atoms with Gasteiger partial charge in [-0.3, -0.25) is 0 Å². The first-order valence-electron chi connectivity index (χ1n) is 6.44. The van der Waals surface area contributed by atoms with Gasteiger partial charge in [0, 0.05) is 6.20 Å². The Labute approximate surface area is 136 Å². The Hall–Kier alpha value is -2.86. The van der Waals surface area contributed by atoms with Crippen LogP contribution in [-0.4, -0.2) is 45.5 Å². The molecule has 1 N–H and O–H groups in total. The molecule has 0 fully saturated rings. The van der Waals surface area contributed by atoms with E-state index in [0.29, 0.717) is 0 Å². The Morgan fingerprint density at radius 2 is 1.40 bits per heavy atom. The lowest BCUT2D eigenvalue weighted by atomic mass is 10.5. The predicted molar refractivity (Wildman–Crippen MR) is 70.4 cm³/mol. The minimum absolute atomic E-state index is 0.192. The number of pyridine rings is 1. The third-order valence-corrected chi connectivity index (χ3v) is 2.23. The molecule has 13 heteroatoms. The summed E-state index contributed by atoms with van der Waals surface area (Å²) in [5.41, 5.74) is 0. The van der Waals surface area contributed by atoms with E-state index in [1.807, 2.05) is 0 Å². The highest BCUT2D eigenvalue weighted by molar-refractivity contribution is 5.47. The Balaban J connectivity index is 2.20. The van der Waals surface area contributed by atoms with E-state index in [4.69, 9.17) is 0 Å². The summed E-state index contributed by atoms with van der Waals surface area (Å²) >= 11 is 0. The molecule has 0 aliphatic heterocycles. The van der Waals surface area contributed by atoms with Gasteiger partial charge in [-0.15, -0.1) is 4.98 Å². The number of ether oxygens (including phenoxy) is 2. The highest BCUT2D eigenvalue weighted by Crippen LogP contribution is 2.21. The van der Waals surface area contributed by atoms with E-state index < -0.39 is 43.5 Å². The highest BCUT2D eigenvalue weighted by atomic mass is 19.4. The van der Waals surface area contributed by atoms with Gasteiger partial charge < -0.3 is 14.8 Å². The minimum Gasteiger partial charge on any atom is -0.454 e. The second kappa shape index (κ2) is 7.36. The van der Waals surface area contributed by atoms with Crippen LogP contribution >= 0.6 is 0 Å². The Kier molecular flexibility index (Phi) is 5.44. The molecule has 2 heterocycles. The smallest absolute Gasteiger partial charge is 0.422 e. The Morgan fingerprint density at radius 3 is 1.84 bits per heavy atom. The molecule has 0 aliphatic rings. The molecule has 0 aliphatic carbocycles. The van der Waals surface area contributed by atoms with Crippen molar-refractivity contribution < 1.29 is 35.8 Å². The lowest BCUT2D eigenvalue weighted by Crippen LogP contribution is -2.22. The van der Waals surface area contributed by atoms with Crippen molar-refractivity contribution in [3.05, 3.63) is 24.4 Å². The second-order valence-corrected chi connectivity index (χ2v) is 4.37. The monoisotopic (exact) mass is 369 g/mol. The van der Waals surface area contributed by atoms with Crippen LogP contribution in [0.25, 0.3) is 0 Å². The summed E-state index contributed by atoms with van der Waals surface area (Å²) in [4.78, 5) is 14.1. The van der Waals surface area contributed by atoms with Crippen LogP contribution < -0.4 is 14.8 Å². The van der Waals surface area contributed by atoms with Crippen molar-refractivity contribution in [2.24, 2.45) is 0 Å². The lowest BCUT2D eigenvalue weighted by Gasteiger charge is -2.12. The first-order valence-corrected chi connectivity index (χ1v) is 6.44. The normalized spacial score (nSPS) is 11.9. The highest BCUT2D eigenvalue weighted by Gasteiger charge is 2.31. The predicted octanol–water partition coefficient (Wildman–Crippen LogP) is 2.89. The second-order valence-electron chi connectivity index (χ2n) is 4.37. The number of nitrogens with zero attached hydrogens (tertiary/aromatic N) is 4. The summed E-state index contributed by atoms with van der Waals surface area (Å²) in [5, 5.41) is 2.48. The first-order chi connectivity index (χ1) is 11.6. The molecule has 0 bridgehead atoms. The largest absolute Gasteiger partial charge is 0.454 e. The van der Waals surface area contributed by atoms with Gasteiger partial charge >= 0.3 is 24.4 Å². The van der Waals surface area contributed by atoms with Crippen molar-refractivity contribution >= 4 is 11.8 Å². The summed E-state index contributed by atoms with van der Waals surface area (Å²) in [6.07, 6.45) is -7.98. The van der Waals surface area contributed by atoms with E-state index >= 15 is 0 Å². The summed E-state index contributed by atoms with van der Waals surface area (Å²) < 4.78 is 81.8. The average Bonchev–Trinajstić information content (AvgIpc) is 2.51. The van der Waals surface area contributed by atoms with Crippen LogP contribution in [0.3, 0.4) is 0 Å². The van der Waals surface area contributed by atoms with Gasteiger partial charge in [0.15, 0.2) is 13.2 Å². The number of nitrogens with one attached hydrogen (secondary N) is 1. The van der Waals surface area contributed by atoms with Gasteiger partial charge in [-0.2, -0.15) is 36.3 Å². The molecule has 0 radical (unpaired) electrons. The molecule has 7 nitrogen and oxygen atoms in total. The van der Waals surface area contributed by atoms with Gasteiger partial charge in [0.05, 0.1) is 0 Å². The quantitative estimate of drug-likeness (QED) is 0.784. The van der Waals surface area contributed by atoms with E-state index in [1.165, 1.54) is 12.3 Å². The topological polar surface area (TPSA) is 82.0 Å². The van der Waals surface area contributed by atoms with E-state index in [0.717, 1.165) is 0 Å². The first kappa shape index (κ1) is 18.5. The van der Waals surface area contributed by atoms with Crippen LogP contribution in [0.1, 0.15) is 0 Å². The number of hydrogen-bond donors (Lipinski definition) is 1. The SMILES string of the molecule is FC(F)(F)COc1nc(Nc2ccccn2)nc(OCC(F)(F)F)n1. The number of rotatable bonds is 6. The third kappa shape index (κ3) is 7.05. The summed E-state index contributed by atoms with van der Waals surface area (Å²) in [5.74, 6) is -0.208. The number of alkyl halides is 6. The molecule has 136 valence electrons. The van der Waals surface area contributed by atoms with Crippen molar-refractivity contribution in [3.63, 3.8) is 0 Å². The van der Waals surface area contributed by atoms with Gasteiger partial charge in [-0.05, 0) is 12.1 Å². The van der Waals surface area contributed by atoms with Crippen LogP contribution in [0, 0.1) is 0 Å². The number of halogens is 6. The average molecular weight is 369 g/mol. The van der Waals surface area contributed by atoms with Crippen LogP contribution in [0.15, 0.2) is 24.4 Å². The zero-order valence-corrected chi connectivity index (χ0v) is 12.1. The van der Waals surface area contributed by atoms with Gasteiger partial charge in [0.25, 0.3) is 0 Å². The number of anilines is 2. The Bertz CT molecular complexity index is 658. The zero-order chi connectivity index (χ0) is 18.5. The molecule has 2 aromatic heterocycles. The summed E-state index contributed by atoms with van der Waals surface area (Å²) in [6, 6.07) is 2.93. The fourth-order valence-corrected chi connectivity index (χ4v) is 1.37. The molecular formula is C12H9F6N5O2. The molecule has 0 atom stereocenters. The van der Waals surface area contributed by atoms with Crippen molar-refractivity contribution in [3.8, 4) is 12.0 Å². The van der Waals surface area contributed by atoms with Gasteiger partial charge in [-0.1, -0.05) is 6.07 Å². The third-order valence-electron chi connectivity index (χ3n) is 2.23. The standard InChI is InChI=1S/C12H9F6N5O2/c13-11(14,15)5-24-9-21-8(20-7-3-1-2-4-19-7)22-10(23-9)25-6-12(16,17)18/h1-4H,5-6H2,(H,19,20,21,22,23). The molecule has 2 aromatic rings. The lowest BCUT2D eigenvalue weighted by molar-refractivity contribution is -0.156. The van der Waals surface area contributed by atoms with Gasteiger partial charge in [-0.25, -0.2) is 4.98 Å². The van der Waals surface area contributed by atoms with Gasteiger partial charge in [0.2, 0.25) is 5.95 Å². The van der Waals surface area contributed by atoms with E-state index in [-0.39, 0.29) is 5.82 Å². The van der Waals surface area contributed by atoms with Crippen LogP contribution in [-0.2, 0) is 0 Å². The number of aromatic nitrogens is 4. The maximum atomic E-state index is 12.2. The van der Waals surface area contributed by atoms with Crippen LogP contribution in [0.4, 0.5) is 38.1 Å². The fraction of sp³-hybridized carbons (Fsp3) is 0.333. The van der Waals surface area contributed by atoms with Crippen molar-refractivity contribution in [1.29, 1.82) is 0 Å². The zero-order valence-electron chi connectivity index (χ0n) is 12.1. The fourth-order valence-electron chi connectivity index (χ4n) is 1.37. The Morgan fingerprint density at radius 1 is 0.840 bits per heavy atom. The summed E-state index contributed by atoms with van der Waals surface area (Å²) in [7, 11) is 0. The molecule has 0 spiro atoms. The molecule has 25 heavy (non-hydrogen) atoms. The molecule has 0 aromatic carbocycles. The molecule has 0 amide bonds. The van der Waals surface area contributed by atoms with Crippen molar-refractivity contribution in [1.82, 2.24) is 19.9 Å². The van der Waals surface area contributed by atoms with E-state index in [1.54, 1.807) is 12.1 Å². The maximum absolute atomic E-state index is 12.2. The molecular weight excluding hydrogens is 360 g/mol. The van der Waals surface area contributed by atoms with E-state index in [2.05, 4.69) is 34.7 Å². The van der Waals surface area contributed by atoms with E-state index in [9.17, 15) is 26.3 Å². The minimum atomic E-state index is -4.69. The summed E-state index contributed by atoms with van der Waals surface area (Å²) in [6.45, 7) is -3.47. The van der Waals surface area contributed by atoms with Crippen LogP contribution in [0.2, 0.25) is 0 Å². The van der Waals surface area contributed by atoms with Crippen molar-refractivity contribution in [2.75, 3.05) is 18.5 Å². The molecule has 2 rings (SSSR count). The maximum Gasteiger partial charge on any atom is 0.422 e. The molecule has 0 saturated carbocycles. The van der Waals surface area contributed by atoms with Gasteiger partial charge in [0.1, 0.15) is 5.82 Å². The molecule has 0 unspecified atom stereocenters. The van der Waals surface area contributed by atoms with Crippen LogP contribution in [0.5, 0.6) is 12.0 Å².